The molecule has 4 aromatic rings. The molecule has 0 saturated heterocycles. The molecule has 0 spiro atoms. The maximum atomic E-state index is 12.9. The van der Waals surface area contributed by atoms with Crippen LogP contribution in [0, 0.1) is 10.1 Å². The molecule has 0 aliphatic heterocycles. The van der Waals surface area contributed by atoms with Crippen LogP contribution in [0.1, 0.15) is 16.1 Å². The second-order valence-corrected chi connectivity index (χ2v) is 6.60. The Morgan fingerprint density at radius 1 is 0.935 bits per heavy atom. The highest BCUT2D eigenvalue weighted by molar-refractivity contribution is 6.08. The Kier molecular flexibility index (Phi) is 5.62. The van der Waals surface area contributed by atoms with Gasteiger partial charge < -0.3 is 5.32 Å². The van der Waals surface area contributed by atoms with Crippen molar-refractivity contribution < 1.29 is 9.72 Å². The number of carbonyl (C=O) groups is 1. The average Bonchev–Trinajstić information content (AvgIpc) is 3.30. The fraction of sp³-hybridized carbons (Fsp3) is 0. The van der Waals surface area contributed by atoms with Crippen molar-refractivity contribution in [3.05, 3.63) is 119 Å². The van der Waals surface area contributed by atoms with Gasteiger partial charge in [-0.2, -0.15) is 0 Å². The van der Waals surface area contributed by atoms with Crippen molar-refractivity contribution in [3.8, 4) is 5.69 Å². The first kappa shape index (κ1) is 19.7. The maximum absolute atomic E-state index is 12.9. The lowest BCUT2D eigenvalue weighted by molar-refractivity contribution is -0.384. The zero-order valence-corrected chi connectivity index (χ0v) is 16.3. The van der Waals surface area contributed by atoms with Gasteiger partial charge in [0.2, 0.25) is 5.78 Å². The zero-order valence-electron chi connectivity index (χ0n) is 16.3. The van der Waals surface area contributed by atoms with Gasteiger partial charge in [-0.05, 0) is 29.8 Å². The fourth-order valence-electron chi connectivity index (χ4n) is 2.92. The SMILES string of the molecule is O=C(/C=C(\Nc1ccccc1)c1ccccc1)c1cn(-c2ccc([N+](=O)[O-])cc2)nn1. The molecular formula is C23H17N5O3. The van der Waals surface area contributed by atoms with Crippen LogP contribution in [-0.4, -0.2) is 25.7 Å². The predicted molar refractivity (Wildman–Crippen MR) is 117 cm³/mol. The Hall–Kier alpha value is -4.59. The summed E-state index contributed by atoms with van der Waals surface area (Å²) >= 11 is 0. The molecule has 0 amide bonds. The van der Waals surface area contributed by atoms with E-state index < -0.39 is 4.92 Å². The van der Waals surface area contributed by atoms with Gasteiger partial charge in [-0.1, -0.05) is 53.7 Å². The van der Waals surface area contributed by atoms with Crippen LogP contribution in [0.4, 0.5) is 11.4 Å². The van der Waals surface area contributed by atoms with E-state index in [2.05, 4.69) is 15.6 Å². The standard InChI is InChI=1S/C23H17N5O3/c29-23(22-16-27(26-25-22)19-11-13-20(14-12-19)28(30)31)15-21(17-7-3-1-4-8-17)24-18-9-5-2-6-10-18/h1-16,24H/b21-15-. The molecule has 1 N–H and O–H groups in total. The number of hydrogen-bond donors (Lipinski definition) is 1. The van der Waals surface area contributed by atoms with Crippen LogP contribution < -0.4 is 5.32 Å². The number of ketones is 1. The molecule has 0 aliphatic carbocycles. The molecule has 0 fully saturated rings. The number of non-ortho nitro benzene ring substituents is 1. The summed E-state index contributed by atoms with van der Waals surface area (Å²) in [5.41, 5.74) is 3.01. The number of allylic oxidation sites excluding steroid dienone is 1. The van der Waals surface area contributed by atoms with Crippen LogP contribution in [0.3, 0.4) is 0 Å². The minimum Gasteiger partial charge on any atom is -0.355 e. The van der Waals surface area contributed by atoms with Crippen molar-refractivity contribution in [1.82, 2.24) is 15.0 Å². The van der Waals surface area contributed by atoms with Gasteiger partial charge in [0, 0.05) is 29.6 Å². The minimum atomic E-state index is -0.476. The molecule has 0 atom stereocenters. The number of nitrogens with one attached hydrogen (secondary N) is 1. The number of hydrogen-bond acceptors (Lipinski definition) is 6. The van der Waals surface area contributed by atoms with E-state index in [0.717, 1.165) is 11.3 Å². The summed E-state index contributed by atoms with van der Waals surface area (Å²) in [4.78, 5) is 23.2. The molecule has 1 heterocycles. The van der Waals surface area contributed by atoms with Crippen molar-refractivity contribution >= 4 is 22.9 Å². The molecule has 0 saturated carbocycles. The average molecular weight is 411 g/mol. The van der Waals surface area contributed by atoms with Crippen molar-refractivity contribution in [2.24, 2.45) is 0 Å². The molecular weight excluding hydrogens is 394 g/mol. The van der Waals surface area contributed by atoms with Crippen molar-refractivity contribution in [2.45, 2.75) is 0 Å². The van der Waals surface area contributed by atoms with Gasteiger partial charge >= 0.3 is 0 Å². The van der Waals surface area contributed by atoms with E-state index in [4.69, 9.17) is 0 Å². The molecule has 8 heteroatoms. The highest BCUT2D eigenvalue weighted by Crippen LogP contribution is 2.20. The molecule has 4 rings (SSSR count). The number of aromatic nitrogens is 3. The number of carbonyl (C=O) groups excluding carboxylic acids is 1. The molecule has 0 radical (unpaired) electrons. The Morgan fingerprint density at radius 3 is 2.23 bits per heavy atom. The lowest BCUT2D eigenvalue weighted by atomic mass is 10.1. The summed E-state index contributed by atoms with van der Waals surface area (Å²) in [7, 11) is 0. The first-order chi connectivity index (χ1) is 15.1. The number of nitro groups is 1. The summed E-state index contributed by atoms with van der Waals surface area (Å²) in [6.07, 6.45) is 2.97. The van der Waals surface area contributed by atoms with Crippen molar-refractivity contribution in [3.63, 3.8) is 0 Å². The van der Waals surface area contributed by atoms with E-state index in [1.807, 2.05) is 60.7 Å². The number of para-hydroxylation sites is 1. The molecule has 1 aromatic heterocycles. The van der Waals surface area contributed by atoms with Crippen LogP contribution in [0.25, 0.3) is 11.4 Å². The van der Waals surface area contributed by atoms with Crippen LogP contribution in [0.5, 0.6) is 0 Å². The van der Waals surface area contributed by atoms with E-state index in [-0.39, 0.29) is 17.2 Å². The smallest absolute Gasteiger partial charge is 0.269 e. The molecule has 31 heavy (non-hydrogen) atoms. The molecule has 152 valence electrons. The normalized spacial score (nSPS) is 11.2. The van der Waals surface area contributed by atoms with Crippen molar-refractivity contribution in [2.75, 3.05) is 5.32 Å². The topological polar surface area (TPSA) is 103 Å². The van der Waals surface area contributed by atoms with Gasteiger partial charge in [0.1, 0.15) is 0 Å². The Labute approximate surface area is 177 Å². The fourth-order valence-corrected chi connectivity index (χ4v) is 2.92. The van der Waals surface area contributed by atoms with Crippen LogP contribution in [0.2, 0.25) is 0 Å². The van der Waals surface area contributed by atoms with Crippen LogP contribution in [-0.2, 0) is 0 Å². The molecule has 0 aliphatic rings. The quantitative estimate of drug-likeness (QED) is 0.208. The van der Waals surface area contributed by atoms with E-state index in [9.17, 15) is 14.9 Å². The predicted octanol–water partition coefficient (Wildman–Crippen LogP) is 4.51. The third-order valence-corrected chi connectivity index (χ3v) is 4.48. The van der Waals surface area contributed by atoms with Gasteiger partial charge in [-0.15, -0.1) is 5.10 Å². The second kappa shape index (κ2) is 8.83. The number of anilines is 1. The maximum Gasteiger partial charge on any atom is 0.269 e. The molecule has 0 bridgehead atoms. The largest absolute Gasteiger partial charge is 0.355 e. The van der Waals surface area contributed by atoms with Crippen LogP contribution in [0.15, 0.2) is 97.2 Å². The van der Waals surface area contributed by atoms with Gasteiger partial charge in [-0.3, -0.25) is 14.9 Å². The Balaban J connectivity index is 1.61. The molecule has 0 unspecified atom stereocenters. The molecule has 8 nitrogen and oxygen atoms in total. The van der Waals surface area contributed by atoms with Gasteiger partial charge in [0.25, 0.3) is 5.69 Å². The van der Waals surface area contributed by atoms with Gasteiger partial charge in [0.05, 0.1) is 16.8 Å². The van der Waals surface area contributed by atoms with Crippen molar-refractivity contribution in [1.29, 1.82) is 0 Å². The monoisotopic (exact) mass is 411 g/mol. The lowest BCUT2D eigenvalue weighted by Crippen LogP contribution is -2.04. The van der Waals surface area contributed by atoms with E-state index in [1.54, 1.807) is 12.1 Å². The zero-order chi connectivity index (χ0) is 21.6. The number of rotatable bonds is 7. The minimum absolute atomic E-state index is 0.0254. The first-order valence-corrected chi connectivity index (χ1v) is 9.41. The number of benzene rings is 3. The molecule has 3 aromatic carbocycles. The van der Waals surface area contributed by atoms with Gasteiger partial charge in [0.15, 0.2) is 5.69 Å². The summed E-state index contributed by atoms with van der Waals surface area (Å²) in [5, 5.41) is 22.0. The Bertz CT molecular complexity index is 1230. The van der Waals surface area contributed by atoms with Crippen LogP contribution >= 0.6 is 0 Å². The van der Waals surface area contributed by atoms with E-state index in [0.29, 0.717) is 11.4 Å². The van der Waals surface area contributed by atoms with Gasteiger partial charge in [-0.25, -0.2) is 4.68 Å². The third-order valence-electron chi connectivity index (χ3n) is 4.48. The second-order valence-electron chi connectivity index (χ2n) is 6.60. The summed E-state index contributed by atoms with van der Waals surface area (Å²) < 4.78 is 1.40. The van der Waals surface area contributed by atoms with E-state index in [1.165, 1.54) is 29.1 Å². The summed E-state index contributed by atoms with van der Waals surface area (Å²) in [6, 6.07) is 24.9. The third kappa shape index (κ3) is 4.70. The van der Waals surface area contributed by atoms with E-state index >= 15 is 0 Å². The lowest BCUT2D eigenvalue weighted by Gasteiger charge is -2.11. The Morgan fingerprint density at radius 2 is 1.58 bits per heavy atom. The summed E-state index contributed by atoms with van der Waals surface area (Å²) in [6.45, 7) is 0. The highest BCUT2D eigenvalue weighted by atomic mass is 16.6. The first-order valence-electron chi connectivity index (χ1n) is 9.41. The number of nitrogens with zero attached hydrogens (tertiary/aromatic N) is 4. The summed E-state index contributed by atoms with van der Waals surface area (Å²) in [5.74, 6) is -0.324. The highest BCUT2D eigenvalue weighted by Gasteiger charge is 2.13. The number of nitro benzene ring substituents is 1.